The molecular weight excluding hydrogens is 148 g/mol. The third kappa shape index (κ3) is 2.93. The number of hydrogen-bond acceptors (Lipinski definition) is 2. The van der Waals surface area contributed by atoms with Crippen LogP contribution in [0.2, 0.25) is 0 Å². The molecule has 1 N–H and O–H groups in total. The maximum Gasteiger partial charge on any atom is 0.0675 e. The minimum absolute atomic E-state index is 0.903. The van der Waals surface area contributed by atoms with Crippen LogP contribution >= 0.6 is 0 Å². The average Bonchev–Trinajstić information content (AvgIpc) is 2.16. The summed E-state index contributed by atoms with van der Waals surface area (Å²) >= 11 is 0. The molecule has 0 fully saturated rings. The van der Waals surface area contributed by atoms with Crippen LogP contribution in [-0.4, -0.2) is 25.2 Å². The molecule has 0 aliphatic carbocycles. The topological polar surface area (TPSA) is 15.3 Å². The Morgan fingerprint density at radius 2 is 1.92 bits per heavy atom. The summed E-state index contributed by atoms with van der Waals surface area (Å²) < 4.78 is 0. The van der Waals surface area contributed by atoms with E-state index >= 15 is 0 Å². The number of para-hydroxylation sites is 1. The Hall–Kier alpha value is -1.02. The maximum absolute atomic E-state index is 3.32. The zero-order valence-corrected chi connectivity index (χ0v) is 7.75. The van der Waals surface area contributed by atoms with Crippen molar-refractivity contribution in [3.8, 4) is 0 Å². The summed E-state index contributed by atoms with van der Waals surface area (Å²) in [6.45, 7) is 4.12. The van der Waals surface area contributed by atoms with Gasteiger partial charge in [-0.25, -0.2) is 0 Å². The van der Waals surface area contributed by atoms with Gasteiger partial charge in [0.1, 0.15) is 0 Å². The average molecular weight is 164 g/mol. The molecular formula is C10H16N2. The van der Waals surface area contributed by atoms with Crippen LogP contribution < -0.4 is 5.32 Å². The number of anilines is 1. The van der Waals surface area contributed by atoms with Crippen molar-refractivity contribution in [3.05, 3.63) is 30.3 Å². The molecule has 0 aliphatic heterocycles. The lowest BCUT2D eigenvalue weighted by Gasteiger charge is -2.15. The molecule has 2 nitrogen and oxygen atoms in total. The largest absolute Gasteiger partial charge is 0.372 e. The van der Waals surface area contributed by atoms with E-state index in [-0.39, 0.29) is 0 Å². The van der Waals surface area contributed by atoms with Gasteiger partial charge in [-0.1, -0.05) is 25.1 Å². The fraction of sp³-hybridized carbons (Fsp3) is 0.400. The fourth-order valence-corrected chi connectivity index (χ4v) is 0.894. The van der Waals surface area contributed by atoms with Gasteiger partial charge in [-0.15, -0.1) is 0 Å². The molecule has 1 rings (SSSR count). The number of rotatable bonds is 4. The first kappa shape index (κ1) is 9.07. The molecule has 0 unspecified atom stereocenters. The first-order valence-corrected chi connectivity index (χ1v) is 4.30. The molecule has 0 heterocycles. The van der Waals surface area contributed by atoms with Crippen molar-refractivity contribution in [2.45, 2.75) is 6.92 Å². The minimum atomic E-state index is 0.903. The van der Waals surface area contributed by atoms with Gasteiger partial charge < -0.3 is 5.32 Å². The minimum Gasteiger partial charge on any atom is -0.372 e. The van der Waals surface area contributed by atoms with Crippen molar-refractivity contribution in [1.82, 2.24) is 4.90 Å². The maximum atomic E-state index is 3.32. The van der Waals surface area contributed by atoms with Crippen LogP contribution in [-0.2, 0) is 0 Å². The number of hydrogen-bond donors (Lipinski definition) is 1. The Bertz CT molecular complexity index is 208. The van der Waals surface area contributed by atoms with E-state index in [1.54, 1.807) is 0 Å². The molecule has 1 aromatic rings. The van der Waals surface area contributed by atoms with Gasteiger partial charge in [0, 0.05) is 5.69 Å². The van der Waals surface area contributed by atoms with Crippen LogP contribution in [0.15, 0.2) is 30.3 Å². The smallest absolute Gasteiger partial charge is 0.0675 e. The molecule has 0 aromatic heterocycles. The standard InChI is InChI=1S/C10H16N2/c1-3-12(2)9-11-10-7-5-4-6-8-10/h4-8,11H,3,9H2,1-2H3. The molecule has 0 saturated carbocycles. The highest BCUT2D eigenvalue weighted by atomic mass is 15.2. The normalized spacial score (nSPS) is 10.2. The van der Waals surface area contributed by atoms with Crippen LogP contribution in [0.25, 0.3) is 0 Å². The van der Waals surface area contributed by atoms with E-state index < -0.39 is 0 Å². The Morgan fingerprint density at radius 1 is 1.25 bits per heavy atom. The van der Waals surface area contributed by atoms with Crippen LogP contribution in [0.3, 0.4) is 0 Å². The van der Waals surface area contributed by atoms with Crippen molar-refractivity contribution in [3.63, 3.8) is 0 Å². The van der Waals surface area contributed by atoms with Crippen molar-refractivity contribution in [2.75, 3.05) is 25.6 Å². The second kappa shape index (κ2) is 4.78. The predicted octanol–water partition coefficient (Wildman–Crippen LogP) is 2.01. The van der Waals surface area contributed by atoms with Crippen molar-refractivity contribution < 1.29 is 0 Å². The molecule has 0 bridgehead atoms. The monoisotopic (exact) mass is 164 g/mol. The van der Waals surface area contributed by atoms with Gasteiger partial charge in [0.15, 0.2) is 0 Å². The van der Waals surface area contributed by atoms with E-state index in [9.17, 15) is 0 Å². The highest BCUT2D eigenvalue weighted by Crippen LogP contribution is 2.03. The van der Waals surface area contributed by atoms with Gasteiger partial charge in [0.25, 0.3) is 0 Å². The van der Waals surface area contributed by atoms with Crippen LogP contribution in [0, 0.1) is 0 Å². The summed E-state index contributed by atoms with van der Waals surface area (Å²) in [6, 6.07) is 10.2. The summed E-state index contributed by atoms with van der Waals surface area (Å²) in [5, 5.41) is 3.32. The lowest BCUT2D eigenvalue weighted by molar-refractivity contribution is 0.379. The van der Waals surface area contributed by atoms with E-state index in [4.69, 9.17) is 0 Å². The number of nitrogens with zero attached hydrogens (tertiary/aromatic N) is 1. The van der Waals surface area contributed by atoms with Gasteiger partial charge in [-0.3, -0.25) is 4.90 Å². The predicted molar refractivity (Wildman–Crippen MR) is 53.2 cm³/mol. The van der Waals surface area contributed by atoms with Gasteiger partial charge in [0.2, 0.25) is 0 Å². The number of nitrogens with one attached hydrogen (secondary N) is 1. The molecule has 0 atom stereocenters. The third-order valence-corrected chi connectivity index (χ3v) is 1.87. The van der Waals surface area contributed by atoms with E-state index in [1.807, 2.05) is 18.2 Å². The Morgan fingerprint density at radius 3 is 2.50 bits per heavy atom. The molecule has 0 amide bonds. The summed E-state index contributed by atoms with van der Waals surface area (Å²) in [7, 11) is 2.09. The van der Waals surface area contributed by atoms with E-state index in [1.165, 1.54) is 5.69 Å². The Balaban J connectivity index is 2.33. The fourth-order valence-electron chi connectivity index (χ4n) is 0.894. The van der Waals surface area contributed by atoms with E-state index in [0.29, 0.717) is 0 Å². The van der Waals surface area contributed by atoms with Crippen molar-refractivity contribution in [1.29, 1.82) is 0 Å². The van der Waals surface area contributed by atoms with Crippen LogP contribution in [0.5, 0.6) is 0 Å². The van der Waals surface area contributed by atoms with Crippen LogP contribution in [0.4, 0.5) is 5.69 Å². The molecule has 1 aromatic carbocycles. The Kier molecular flexibility index (Phi) is 3.61. The lowest BCUT2D eigenvalue weighted by Crippen LogP contribution is -2.24. The number of benzene rings is 1. The quantitative estimate of drug-likeness (QED) is 0.685. The third-order valence-electron chi connectivity index (χ3n) is 1.87. The van der Waals surface area contributed by atoms with Crippen molar-refractivity contribution >= 4 is 5.69 Å². The zero-order chi connectivity index (χ0) is 8.81. The van der Waals surface area contributed by atoms with Gasteiger partial charge in [0.05, 0.1) is 6.67 Å². The Labute approximate surface area is 74.2 Å². The molecule has 0 aliphatic rings. The van der Waals surface area contributed by atoms with Crippen molar-refractivity contribution in [2.24, 2.45) is 0 Å². The highest BCUT2D eigenvalue weighted by molar-refractivity contribution is 5.42. The summed E-state index contributed by atoms with van der Waals surface area (Å²) in [5.74, 6) is 0. The van der Waals surface area contributed by atoms with E-state index in [2.05, 4.69) is 36.3 Å². The summed E-state index contributed by atoms with van der Waals surface area (Å²) in [4.78, 5) is 2.22. The van der Waals surface area contributed by atoms with Gasteiger partial charge in [-0.05, 0) is 25.7 Å². The second-order valence-electron chi connectivity index (χ2n) is 2.87. The zero-order valence-electron chi connectivity index (χ0n) is 7.75. The second-order valence-corrected chi connectivity index (χ2v) is 2.87. The van der Waals surface area contributed by atoms with Gasteiger partial charge in [-0.2, -0.15) is 0 Å². The SMILES string of the molecule is CCN(C)CNc1ccccc1. The van der Waals surface area contributed by atoms with Crippen LogP contribution in [0.1, 0.15) is 6.92 Å². The summed E-state index contributed by atoms with van der Waals surface area (Å²) in [6.07, 6.45) is 0. The highest BCUT2D eigenvalue weighted by Gasteiger charge is 1.92. The molecule has 66 valence electrons. The summed E-state index contributed by atoms with van der Waals surface area (Å²) in [5.41, 5.74) is 1.18. The van der Waals surface area contributed by atoms with E-state index in [0.717, 1.165) is 13.2 Å². The first-order valence-electron chi connectivity index (χ1n) is 4.30. The van der Waals surface area contributed by atoms with Gasteiger partial charge >= 0.3 is 0 Å². The molecule has 2 heteroatoms. The molecule has 0 saturated heterocycles. The first-order chi connectivity index (χ1) is 5.83. The molecule has 0 spiro atoms. The molecule has 12 heavy (non-hydrogen) atoms. The molecule has 0 radical (unpaired) electrons. The lowest BCUT2D eigenvalue weighted by atomic mass is 10.3.